The molecule has 0 radical (unpaired) electrons. The lowest BCUT2D eigenvalue weighted by molar-refractivity contribution is -0.141. The van der Waals surface area contributed by atoms with Crippen LogP contribution in [0.4, 0.5) is 13.2 Å². The van der Waals surface area contributed by atoms with E-state index in [0.717, 1.165) is 6.07 Å². The lowest BCUT2D eigenvalue weighted by Gasteiger charge is -2.16. The Kier molecular flexibility index (Phi) is 5.77. The summed E-state index contributed by atoms with van der Waals surface area (Å²) in [7, 11) is 0. The van der Waals surface area contributed by atoms with Crippen molar-refractivity contribution < 1.29 is 23.1 Å². The number of halogens is 3. The summed E-state index contributed by atoms with van der Waals surface area (Å²) in [5, 5.41) is 12.3. The highest BCUT2D eigenvalue weighted by molar-refractivity contribution is 5.77. The Balaban J connectivity index is 0.00000106. The summed E-state index contributed by atoms with van der Waals surface area (Å²) in [5.74, 6) is -0.414. The molecule has 1 aliphatic rings. The Bertz CT molecular complexity index is 485. The van der Waals surface area contributed by atoms with Crippen molar-refractivity contribution in [2.75, 3.05) is 19.7 Å². The molecule has 1 saturated heterocycles. The number of carbonyl (C=O) groups excluding carboxylic acids is 1. The summed E-state index contributed by atoms with van der Waals surface area (Å²) >= 11 is 0. The molecule has 0 saturated carbocycles. The number of hydrogen-bond donors (Lipinski definition) is 1. The van der Waals surface area contributed by atoms with Crippen LogP contribution in [0.25, 0.3) is 0 Å². The Labute approximate surface area is 121 Å². The summed E-state index contributed by atoms with van der Waals surface area (Å²) < 4.78 is 39.0. The van der Waals surface area contributed by atoms with Crippen LogP contribution in [0.2, 0.25) is 0 Å². The van der Waals surface area contributed by atoms with Gasteiger partial charge in [-0.1, -0.05) is 13.8 Å². The maximum atomic E-state index is 12.6. The largest absolute Gasteiger partial charge is 0.435 e. The second-order valence-corrected chi connectivity index (χ2v) is 4.55. The summed E-state index contributed by atoms with van der Waals surface area (Å²) in [5.41, 5.74) is -0.507. The van der Waals surface area contributed by atoms with Crippen LogP contribution in [0.1, 0.15) is 37.7 Å². The third-order valence-corrected chi connectivity index (χ3v) is 3.21. The quantitative estimate of drug-likeness (QED) is 0.909. The zero-order chi connectivity index (χ0) is 16.2. The van der Waals surface area contributed by atoms with Crippen molar-refractivity contribution in [2.45, 2.75) is 39.4 Å². The molecule has 0 bridgehead atoms. The zero-order valence-corrected chi connectivity index (χ0v) is 12.3. The van der Waals surface area contributed by atoms with E-state index in [0.29, 0.717) is 18.7 Å². The number of aliphatic hydroxyl groups excluding tert-OH is 1. The highest BCUT2D eigenvalue weighted by atomic mass is 19.4. The topological polar surface area (TPSA) is 58.4 Å². The normalized spacial score (nSPS) is 18.4. The van der Waals surface area contributed by atoms with Crippen LogP contribution in [0.5, 0.6) is 0 Å². The molecule has 1 N–H and O–H groups in total. The van der Waals surface area contributed by atoms with Crippen LogP contribution in [0.15, 0.2) is 6.07 Å². The van der Waals surface area contributed by atoms with Crippen LogP contribution in [-0.2, 0) is 11.0 Å². The number of aryl methyl sites for hydroxylation is 1. The summed E-state index contributed by atoms with van der Waals surface area (Å²) in [6.07, 6.45) is -3.93. The van der Waals surface area contributed by atoms with Crippen LogP contribution in [0, 0.1) is 6.92 Å². The van der Waals surface area contributed by atoms with Crippen molar-refractivity contribution in [3.63, 3.8) is 0 Å². The van der Waals surface area contributed by atoms with Gasteiger partial charge >= 0.3 is 6.18 Å². The minimum absolute atomic E-state index is 0.272. The first-order valence-corrected chi connectivity index (χ1v) is 6.85. The first-order valence-electron chi connectivity index (χ1n) is 6.85. The minimum atomic E-state index is -4.46. The van der Waals surface area contributed by atoms with Gasteiger partial charge in [-0.05, 0) is 19.4 Å². The Hall–Kier alpha value is -1.57. The monoisotopic (exact) mass is 307 g/mol. The van der Waals surface area contributed by atoms with Gasteiger partial charge in [-0.15, -0.1) is 0 Å². The summed E-state index contributed by atoms with van der Waals surface area (Å²) in [4.78, 5) is 12.7. The number of nitrogens with zero attached hydrogens (tertiary/aromatic N) is 3. The molecule has 1 aliphatic heterocycles. The van der Waals surface area contributed by atoms with Gasteiger partial charge in [0.25, 0.3) is 0 Å². The van der Waals surface area contributed by atoms with E-state index in [4.69, 9.17) is 5.11 Å². The van der Waals surface area contributed by atoms with E-state index in [2.05, 4.69) is 5.10 Å². The lowest BCUT2D eigenvalue weighted by Crippen LogP contribution is -2.31. The van der Waals surface area contributed by atoms with Gasteiger partial charge in [0.15, 0.2) is 5.69 Å². The Morgan fingerprint density at radius 3 is 2.57 bits per heavy atom. The van der Waals surface area contributed by atoms with Gasteiger partial charge in [0, 0.05) is 18.8 Å². The number of aromatic nitrogens is 2. The molecule has 2 heterocycles. The average Bonchev–Trinajstić information content (AvgIpc) is 3.05. The summed E-state index contributed by atoms with van der Waals surface area (Å²) in [6, 6.07) is 0.725. The van der Waals surface area contributed by atoms with Crippen LogP contribution < -0.4 is 0 Å². The van der Waals surface area contributed by atoms with Crippen LogP contribution >= 0.6 is 0 Å². The van der Waals surface area contributed by atoms with Gasteiger partial charge in [0.1, 0.15) is 6.61 Å². The van der Waals surface area contributed by atoms with E-state index in [1.54, 1.807) is 6.92 Å². The number of amides is 1. The number of rotatable bonds is 2. The maximum absolute atomic E-state index is 12.6. The average molecular weight is 307 g/mol. The third kappa shape index (κ3) is 3.96. The van der Waals surface area contributed by atoms with Gasteiger partial charge in [-0.3, -0.25) is 9.48 Å². The van der Waals surface area contributed by atoms with Gasteiger partial charge in [-0.25, -0.2) is 0 Å². The molecule has 0 aliphatic carbocycles. The molecule has 1 atom stereocenters. The van der Waals surface area contributed by atoms with Gasteiger partial charge in [-0.2, -0.15) is 18.3 Å². The maximum Gasteiger partial charge on any atom is 0.435 e. The van der Waals surface area contributed by atoms with E-state index in [1.165, 1.54) is 9.58 Å². The second kappa shape index (κ2) is 6.93. The van der Waals surface area contributed by atoms with Crippen molar-refractivity contribution in [1.82, 2.24) is 14.7 Å². The van der Waals surface area contributed by atoms with E-state index in [1.807, 2.05) is 13.8 Å². The molecule has 1 aromatic rings. The fourth-order valence-electron chi connectivity index (χ4n) is 2.26. The standard InChI is InChI=1S/C11H14F3N3O2.C2H6/c1-7-4-9(11(12,13)14)15-17(7)8-2-3-16(5-8)10(19)6-18;1-2/h4,8,18H,2-3,5-6H2,1H3;1-2H3. The van der Waals surface area contributed by atoms with Crippen molar-refractivity contribution >= 4 is 5.91 Å². The Morgan fingerprint density at radius 2 is 2.10 bits per heavy atom. The lowest BCUT2D eigenvalue weighted by atomic mass is 10.2. The first-order chi connectivity index (χ1) is 9.82. The molecule has 21 heavy (non-hydrogen) atoms. The molecule has 1 amide bonds. The molecule has 120 valence electrons. The number of alkyl halides is 3. The molecule has 1 fully saturated rings. The van der Waals surface area contributed by atoms with Gasteiger partial charge in [0.05, 0.1) is 6.04 Å². The Morgan fingerprint density at radius 1 is 1.48 bits per heavy atom. The number of aliphatic hydroxyl groups is 1. The number of hydrogen-bond acceptors (Lipinski definition) is 3. The van der Waals surface area contributed by atoms with Crippen molar-refractivity contribution in [1.29, 1.82) is 0 Å². The van der Waals surface area contributed by atoms with Crippen LogP contribution in [0.3, 0.4) is 0 Å². The van der Waals surface area contributed by atoms with Gasteiger partial charge in [0.2, 0.25) is 5.91 Å². The van der Waals surface area contributed by atoms with Crippen molar-refractivity contribution in [3.05, 3.63) is 17.5 Å². The highest BCUT2D eigenvalue weighted by Gasteiger charge is 2.36. The predicted molar refractivity (Wildman–Crippen MR) is 70.6 cm³/mol. The van der Waals surface area contributed by atoms with E-state index in [9.17, 15) is 18.0 Å². The fraction of sp³-hybridized carbons (Fsp3) is 0.692. The molecule has 0 spiro atoms. The molecule has 5 nitrogen and oxygen atoms in total. The molecule has 1 unspecified atom stereocenters. The molecule has 1 aromatic heterocycles. The number of carbonyl (C=O) groups is 1. The fourth-order valence-corrected chi connectivity index (χ4v) is 2.26. The predicted octanol–water partition coefficient (Wildman–Crippen LogP) is 2.00. The zero-order valence-electron chi connectivity index (χ0n) is 12.3. The van der Waals surface area contributed by atoms with E-state index >= 15 is 0 Å². The number of likely N-dealkylation sites (tertiary alicyclic amines) is 1. The smallest absolute Gasteiger partial charge is 0.387 e. The van der Waals surface area contributed by atoms with Crippen LogP contribution in [-0.4, -0.2) is 45.4 Å². The third-order valence-electron chi connectivity index (χ3n) is 3.21. The minimum Gasteiger partial charge on any atom is -0.387 e. The molecule has 0 aromatic carbocycles. The molecule has 2 rings (SSSR count). The van der Waals surface area contributed by atoms with E-state index < -0.39 is 24.4 Å². The SMILES string of the molecule is CC.Cc1cc(C(F)(F)F)nn1C1CCN(C(=O)CO)C1. The second-order valence-electron chi connectivity index (χ2n) is 4.55. The highest BCUT2D eigenvalue weighted by Crippen LogP contribution is 2.31. The molecular formula is C13H20F3N3O2. The molecule has 8 heteroatoms. The van der Waals surface area contributed by atoms with Crippen molar-refractivity contribution in [3.8, 4) is 0 Å². The van der Waals surface area contributed by atoms with E-state index in [-0.39, 0.29) is 12.6 Å². The van der Waals surface area contributed by atoms with Crippen molar-refractivity contribution in [2.24, 2.45) is 0 Å². The first kappa shape index (κ1) is 17.5. The summed E-state index contributed by atoms with van der Waals surface area (Å²) in [6.45, 7) is 5.67. The molecular weight excluding hydrogens is 287 g/mol. The van der Waals surface area contributed by atoms with Gasteiger partial charge < -0.3 is 10.0 Å².